The summed E-state index contributed by atoms with van der Waals surface area (Å²) in [5, 5.41) is 0. The average molecular weight is 390 g/mol. The molecule has 0 heterocycles. The fourth-order valence-electron chi connectivity index (χ4n) is 2.74. The van der Waals surface area contributed by atoms with Crippen LogP contribution in [-0.2, 0) is 9.47 Å². The maximum Gasteiger partial charge on any atom is 0.471 e. The largest absolute Gasteiger partial charge is 0.471 e. The first-order valence-electron chi connectivity index (χ1n) is 9.42. The first kappa shape index (κ1) is 23.2. The fourth-order valence-corrected chi connectivity index (χ4v) is 4.23. The third-order valence-electron chi connectivity index (χ3n) is 4.11. The summed E-state index contributed by atoms with van der Waals surface area (Å²) < 4.78 is 12.0. The Hall–Kier alpha value is 1.17. The number of hydrogen-bond acceptors (Lipinski definition) is 2. The van der Waals surface area contributed by atoms with Crippen LogP contribution in [-0.4, -0.2) is 38.2 Å². The topological polar surface area (TPSA) is 18.5 Å². The molecular weight excluding hydrogens is 352 g/mol. The first-order valence-corrected chi connectivity index (χ1v) is 14.1. The van der Waals surface area contributed by atoms with Gasteiger partial charge in [0, 0.05) is 13.2 Å². The average Bonchev–Trinajstić information content (AvgIpc) is 2.51. The molecule has 22 heavy (non-hydrogen) atoms. The highest BCUT2D eigenvalue weighted by Gasteiger charge is 2.09. The molecule has 0 spiro atoms. The lowest BCUT2D eigenvalue weighted by Gasteiger charge is -2.15. The molecule has 0 bridgehead atoms. The smallest absolute Gasteiger partial charge is 0.355 e. The lowest BCUT2D eigenvalue weighted by Crippen LogP contribution is -2.06. The van der Waals surface area contributed by atoms with E-state index in [4.69, 9.17) is 9.47 Å². The molecule has 0 aromatic carbocycles. The maximum atomic E-state index is 5.55. The zero-order chi connectivity index (χ0) is 16.5. The molecule has 0 N–H and O–H groups in total. The Balaban J connectivity index is 3.11. The fraction of sp³-hybridized carbons (Fsp3) is 1.00. The molecule has 0 aliphatic carbocycles. The second-order valence-corrected chi connectivity index (χ2v) is 10.4. The Morgan fingerprint density at radius 2 is 1.45 bits per heavy atom. The monoisotopic (exact) mass is 388 g/mol. The third-order valence-corrected chi connectivity index (χ3v) is 8.29. The van der Waals surface area contributed by atoms with Crippen LogP contribution in [0, 0.1) is 5.92 Å². The van der Waals surface area contributed by atoms with Crippen LogP contribution in [0.5, 0.6) is 0 Å². The summed E-state index contributed by atoms with van der Waals surface area (Å²) in [6, 6.07) is 0. The summed E-state index contributed by atoms with van der Waals surface area (Å²) in [5.41, 5.74) is 0. The van der Waals surface area contributed by atoms with Crippen molar-refractivity contribution in [2.45, 2.75) is 89.0 Å². The van der Waals surface area contributed by atoms with Crippen LogP contribution in [0.1, 0.15) is 85.0 Å². The molecule has 0 radical (unpaired) electrons. The summed E-state index contributed by atoms with van der Waals surface area (Å²) in [4.78, 5) is 0. The van der Waals surface area contributed by atoms with Gasteiger partial charge in [-0.3, -0.25) is 0 Å². The molecule has 4 heteroatoms. The number of unbranched alkanes of at least 4 members (excludes halogenated alkanes) is 6. The summed E-state index contributed by atoms with van der Waals surface area (Å²) >= 11 is 3.69. The molecule has 0 fully saturated rings. The molecule has 2 atom stereocenters. The Labute approximate surface area is 155 Å². The van der Waals surface area contributed by atoms with Gasteiger partial charge >= 0.3 is 18.2 Å². The van der Waals surface area contributed by atoms with Gasteiger partial charge in [0.2, 0.25) is 0 Å². The highest BCUT2D eigenvalue weighted by molar-refractivity contribution is 9.23. The van der Waals surface area contributed by atoms with E-state index in [1.165, 1.54) is 64.2 Å². The molecule has 0 aromatic rings. The molecule has 0 aliphatic rings. The van der Waals surface area contributed by atoms with Gasteiger partial charge in [-0.05, 0) is 25.2 Å². The van der Waals surface area contributed by atoms with Gasteiger partial charge in [0.15, 0.2) is 0 Å². The van der Waals surface area contributed by atoms with Gasteiger partial charge in [0.05, 0.1) is 0 Å². The number of halogens is 1. The van der Waals surface area contributed by atoms with Crippen molar-refractivity contribution in [2.24, 2.45) is 5.92 Å². The van der Waals surface area contributed by atoms with Crippen molar-refractivity contribution in [1.82, 2.24) is 0 Å². The van der Waals surface area contributed by atoms with Crippen molar-refractivity contribution in [3.63, 3.8) is 0 Å². The van der Waals surface area contributed by atoms with Gasteiger partial charge in [-0.15, -0.1) is 4.05 Å². The lowest BCUT2D eigenvalue weighted by atomic mass is 10.0. The standard InChI is InChI=1S/C18H37O2.BrH.Mg/c1-4-6-7-8-9-10-11-15-19-17-20-16-12-14-18(3)13-5-2;;/h5,18H,4,6-17H2,1-3H3;1H;/q;;+1/p-1. The SMILES string of the molecule is CCCCCCCCCOCOCCCC(C)C[CH](C)[Mg][Br]. The number of rotatable bonds is 17. The minimum absolute atomic E-state index is 0.00318. The second kappa shape index (κ2) is 18.5. The lowest BCUT2D eigenvalue weighted by molar-refractivity contribution is -0.0561. The predicted octanol–water partition coefficient (Wildman–Crippen LogP) is 6.36. The summed E-state index contributed by atoms with van der Waals surface area (Å²) in [6.45, 7) is 9.18. The number of hydrogen-bond donors (Lipinski definition) is 0. The molecule has 0 aliphatic heterocycles. The van der Waals surface area contributed by atoms with Crippen LogP contribution >= 0.6 is 12.9 Å². The van der Waals surface area contributed by atoms with E-state index in [9.17, 15) is 0 Å². The molecule has 130 valence electrons. The Kier molecular flexibility index (Phi) is 19.5. The van der Waals surface area contributed by atoms with Gasteiger partial charge < -0.3 is 22.4 Å². The van der Waals surface area contributed by atoms with E-state index in [-0.39, 0.29) is 18.2 Å². The van der Waals surface area contributed by atoms with E-state index in [2.05, 4.69) is 33.7 Å². The zero-order valence-electron chi connectivity index (χ0n) is 15.2. The van der Waals surface area contributed by atoms with Crippen molar-refractivity contribution >= 4 is 31.1 Å². The second-order valence-electron chi connectivity index (χ2n) is 6.80. The molecular formula is C18H37BrMgO2. The van der Waals surface area contributed by atoms with Gasteiger partial charge in [0.25, 0.3) is 0 Å². The van der Waals surface area contributed by atoms with E-state index in [1.807, 2.05) is 0 Å². The molecule has 0 saturated heterocycles. The molecule has 2 nitrogen and oxygen atoms in total. The van der Waals surface area contributed by atoms with Gasteiger partial charge in [-0.1, -0.05) is 65.7 Å². The Morgan fingerprint density at radius 3 is 2.09 bits per heavy atom. The Bertz CT molecular complexity index is 217. The van der Waals surface area contributed by atoms with Crippen molar-refractivity contribution in [3.05, 3.63) is 0 Å². The summed E-state index contributed by atoms with van der Waals surface area (Å²) in [7, 11) is 0. The van der Waals surface area contributed by atoms with Crippen molar-refractivity contribution < 1.29 is 9.47 Å². The van der Waals surface area contributed by atoms with Crippen molar-refractivity contribution in [2.75, 3.05) is 20.0 Å². The van der Waals surface area contributed by atoms with Gasteiger partial charge in [0.1, 0.15) is 6.79 Å². The minimum atomic E-state index is 0.00318. The van der Waals surface area contributed by atoms with Crippen LogP contribution in [0.15, 0.2) is 0 Å². The molecule has 0 rings (SSSR count). The van der Waals surface area contributed by atoms with Crippen LogP contribution in [0.25, 0.3) is 0 Å². The van der Waals surface area contributed by atoms with Crippen LogP contribution in [0.3, 0.4) is 0 Å². The van der Waals surface area contributed by atoms with E-state index in [1.54, 1.807) is 0 Å². The van der Waals surface area contributed by atoms with Crippen LogP contribution in [0.4, 0.5) is 0 Å². The van der Waals surface area contributed by atoms with Crippen LogP contribution < -0.4 is 0 Å². The molecule has 0 amide bonds. The van der Waals surface area contributed by atoms with E-state index in [0.29, 0.717) is 6.79 Å². The number of ether oxygens (including phenoxy) is 2. The van der Waals surface area contributed by atoms with E-state index in [0.717, 1.165) is 23.2 Å². The van der Waals surface area contributed by atoms with Crippen molar-refractivity contribution in [3.8, 4) is 0 Å². The highest BCUT2D eigenvalue weighted by Crippen LogP contribution is 2.21. The van der Waals surface area contributed by atoms with Crippen molar-refractivity contribution in [1.29, 1.82) is 0 Å². The van der Waals surface area contributed by atoms with E-state index >= 15 is 0 Å². The first-order chi connectivity index (χ1) is 10.7. The molecule has 0 saturated carbocycles. The summed E-state index contributed by atoms with van der Waals surface area (Å²) in [6.07, 6.45) is 13.2. The maximum absolute atomic E-state index is 5.55. The zero-order valence-corrected chi connectivity index (χ0v) is 18.2. The third kappa shape index (κ3) is 17.5. The van der Waals surface area contributed by atoms with Crippen LogP contribution in [0.2, 0.25) is 4.05 Å². The minimum Gasteiger partial charge on any atom is -0.355 e. The Morgan fingerprint density at radius 1 is 0.864 bits per heavy atom. The predicted molar refractivity (Wildman–Crippen MR) is 102 cm³/mol. The van der Waals surface area contributed by atoms with E-state index < -0.39 is 0 Å². The molecule has 0 aromatic heterocycles. The van der Waals surface area contributed by atoms with Gasteiger partial charge in [-0.2, -0.15) is 0 Å². The quantitative estimate of drug-likeness (QED) is 0.164. The van der Waals surface area contributed by atoms with Gasteiger partial charge in [-0.25, -0.2) is 0 Å². The highest BCUT2D eigenvalue weighted by atomic mass is 79.9. The normalized spacial score (nSPS) is 13.8. The molecule has 2 unspecified atom stereocenters. The summed E-state index contributed by atoms with van der Waals surface area (Å²) in [5.74, 6) is 0.831.